The van der Waals surface area contributed by atoms with Gasteiger partial charge in [-0.05, 0) is 23.3 Å². The molecule has 0 fully saturated rings. The van der Waals surface area contributed by atoms with Crippen LogP contribution in [0.4, 0.5) is 0 Å². The van der Waals surface area contributed by atoms with Gasteiger partial charge < -0.3 is 0 Å². The minimum atomic E-state index is -0.734. The first kappa shape index (κ1) is 23.7. The van der Waals surface area contributed by atoms with Crippen molar-refractivity contribution in [3.05, 3.63) is 109 Å². The van der Waals surface area contributed by atoms with E-state index in [9.17, 15) is 9.59 Å². The highest BCUT2D eigenvalue weighted by Gasteiger charge is 2.35. The minimum absolute atomic E-state index is 0.00329. The number of carbonyl (C=O) groups excluding carboxylic acids is 2. The Labute approximate surface area is 237 Å². The predicted molar refractivity (Wildman–Crippen MR) is 154 cm³/mol. The zero-order valence-corrected chi connectivity index (χ0v) is 21.6. The second-order valence-electron chi connectivity index (χ2n) is 9.63. The summed E-state index contributed by atoms with van der Waals surface area (Å²) in [6, 6.07) is 19.7. The lowest BCUT2D eigenvalue weighted by atomic mass is 9.97. The van der Waals surface area contributed by atoms with Crippen LogP contribution < -0.4 is 0 Å². The number of aromatic nitrogens is 8. The van der Waals surface area contributed by atoms with Crippen molar-refractivity contribution in [3.8, 4) is 45.0 Å². The molecule has 4 aromatic heterocycles. The maximum absolute atomic E-state index is 12.7. The second-order valence-corrected chi connectivity index (χ2v) is 9.63. The summed E-state index contributed by atoms with van der Waals surface area (Å²) < 4.78 is 0. The Morgan fingerprint density at radius 3 is 1.62 bits per heavy atom. The van der Waals surface area contributed by atoms with Crippen molar-refractivity contribution in [3.63, 3.8) is 0 Å². The number of hydrogen-bond acceptors (Lipinski definition) is 10. The van der Waals surface area contributed by atoms with E-state index in [4.69, 9.17) is 4.98 Å². The summed E-state index contributed by atoms with van der Waals surface area (Å²) in [5, 5.41) is 0. The Bertz CT molecular complexity index is 2230. The van der Waals surface area contributed by atoms with Crippen LogP contribution >= 0.6 is 0 Å². The Morgan fingerprint density at radius 1 is 0.381 bits per heavy atom. The van der Waals surface area contributed by atoms with Gasteiger partial charge in [-0.15, -0.1) is 0 Å². The molecular weight excluding hydrogens is 528 g/mol. The molecule has 42 heavy (non-hydrogen) atoms. The second kappa shape index (κ2) is 9.20. The highest BCUT2D eigenvalue weighted by molar-refractivity contribution is 6.51. The Kier molecular flexibility index (Phi) is 5.19. The van der Waals surface area contributed by atoms with Crippen LogP contribution in [0.25, 0.3) is 67.1 Å². The van der Waals surface area contributed by atoms with Gasteiger partial charge in [0, 0.05) is 35.9 Å². The van der Waals surface area contributed by atoms with Crippen molar-refractivity contribution >= 4 is 33.6 Å². The maximum Gasteiger partial charge on any atom is 0.255 e. The third-order valence-electron chi connectivity index (χ3n) is 7.18. The molecule has 0 aliphatic heterocycles. The summed E-state index contributed by atoms with van der Waals surface area (Å²) in [5.41, 5.74) is 8.50. The van der Waals surface area contributed by atoms with E-state index in [1.54, 1.807) is 24.8 Å². The number of fused-ring (bicyclic) bond motifs is 6. The summed E-state index contributed by atoms with van der Waals surface area (Å²) in [6.45, 7) is 0. The van der Waals surface area contributed by atoms with Gasteiger partial charge in [-0.1, -0.05) is 48.5 Å². The molecule has 4 heterocycles. The van der Waals surface area contributed by atoms with Crippen molar-refractivity contribution in [2.24, 2.45) is 0 Å². The quantitative estimate of drug-likeness (QED) is 0.215. The van der Waals surface area contributed by atoms with E-state index in [0.29, 0.717) is 5.69 Å². The molecule has 1 aliphatic rings. The third kappa shape index (κ3) is 3.74. The smallest absolute Gasteiger partial charge is 0.255 e. The zero-order valence-electron chi connectivity index (χ0n) is 21.6. The summed E-state index contributed by atoms with van der Waals surface area (Å²) in [4.78, 5) is 60.5. The molecule has 7 aromatic rings. The molecule has 0 N–H and O–H groups in total. The van der Waals surface area contributed by atoms with Gasteiger partial charge in [-0.25, -0.2) is 24.9 Å². The first-order valence-electron chi connectivity index (χ1n) is 13.0. The Hall–Kier alpha value is -6.16. The molecule has 0 spiro atoms. The van der Waals surface area contributed by atoms with Crippen LogP contribution in [-0.2, 0) is 0 Å². The molecule has 0 saturated heterocycles. The van der Waals surface area contributed by atoms with Crippen molar-refractivity contribution in [1.82, 2.24) is 39.9 Å². The number of ketones is 2. The molecule has 0 bridgehead atoms. The van der Waals surface area contributed by atoms with E-state index in [-0.39, 0.29) is 22.8 Å². The zero-order chi connectivity index (χ0) is 28.2. The van der Waals surface area contributed by atoms with Gasteiger partial charge in [0.05, 0.1) is 34.8 Å². The fourth-order valence-corrected chi connectivity index (χ4v) is 5.07. The summed E-state index contributed by atoms with van der Waals surface area (Å²) in [6.07, 6.45) is 9.47. The van der Waals surface area contributed by atoms with E-state index in [1.165, 1.54) is 12.4 Å². The predicted octanol–water partition coefficient (Wildman–Crippen LogP) is 5.20. The normalized spacial score (nSPS) is 12.4. The lowest BCUT2D eigenvalue weighted by Crippen LogP contribution is -2.25. The Balaban J connectivity index is 1.07. The SMILES string of the molecule is O=C1C(=O)c2nc(-c3ccc(-c4ccc(-c5cnc6c(ccc7nccnc76)n5)cc4)cc3)cnc2-c2nccnc21. The van der Waals surface area contributed by atoms with E-state index < -0.39 is 11.6 Å². The van der Waals surface area contributed by atoms with Crippen LogP contribution in [0.3, 0.4) is 0 Å². The standard InChI is InChI=1S/C32H16N8O2/c41-31-29-27(35-13-14-36-29)28-30(32(31)42)40-24(16-38-28)20-7-3-18(4-8-20)17-1-5-19(6-2-17)23-15-37-26-22(39-23)10-9-21-25(26)34-12-11-33-21/h1-16H. The van der Waals surface area contributed by atoms with Crippen LogP contribution in [0.5, 0.6) is 0 Å². The molecule has 0 atom stereocenters. The van der Waals surface area contributed by atoms with Crippen molar-refractivity contribution in [2.75, 3.05) is 0 Å². The average molecular weight is 545 g/mol. The van der Waals surface area contributed by atoms with Crippen LogP contribution in [0.15, 0.2) is 97.8 Å². The molecule has 0 amide bonds. The van der Waals surface area contributed by atoms with Gasteiger partial charge in [0.25, 0.3) is 11.6 Å². The van der Waals surface area contributed by atoms with Gasteiger partial charge in [0.15, 0.2) is 0 Å². The van der Waals surface area contributed by atoms with Crippen LogP contribution in [0.1, 0.15) is 21.0 Å². The molecule has 10 heteroatoms. The molecule has 3 aromatic carbocycles. The minimum Gasteiger partial charge on any atom is -0.283 e. The highest BCUT2D eigenvalue weighted by Crippen LogP contribution is 2.31. The lowest BCUT2D eigenvalue weighted by Gasteiger charge is -2.14. The highest BCUT2D eigenvalue weighted by atomic mass is 16.2. The molecule has 10 nitrogen and oxygen atoms in total. The first-order valence-corrected chi connectivity index (χ1v) is 13.0. The summed E-state index contributed by atoms with van der Waals surface area (Å²) in [5.74, 6) is -1.46. The topological polar surface area (TPSA) is 137 Å². The molecule has 8 rings (SSSR count). The molecule has 196 valence electrons. The van der Waals surface area contributed by atoms with E-state index in [2.05, 4.69) is 34.9 Å². The fourth-order valence-electron chi connectivity index (χ4n) is 5.07. The third-order valence-corrected chi connectivity index (χ3v) is 7.18. The number of rotatable bonds is 3. The van der Waals surface area contributed by atoms with Gasteiger partial charge in [0.2, 0.25) is 0 Å². The number of hydrogen-bond donors (Lipinski definition) is 0. The molecular formula is C32H16N8O2. The monoisotopic (exact) mass is 544 g/mol. The van der Waals surface area contributed by atoms with Crippen molar-refractivity contribution in [1.29, 1.82) is 0 Å². The van der Waals surface area contributed by atoms with Gasteiger partial charge >= 0.3 is 0 Å². The van der Waals surface area contributed by atoms with Crippen LogP contribution in [-0.4, -0.2) is 51.4 Å². The van der Waals surface area contributed by atoms with E-state index in [0.717, 1.165) is 50.0 Å². The fraction of sp³-hybridized carbons (Fsp3) is 0. The average Bonchev–Trinajstić information content (AvgIpc) is 3.07. The van der Waals surface area contributed by atoms with E-state index >= 15 is 0 Å². The number of benzene rings is 3. The number of nitrogens with zero attached hydrogens (tertiary/aromatic N) is 8. The number of Topliss-reactive ketones (excluding diaryl/α,β-unsaturated/α-hetero) is 2. The lowest BCUT2D eigenvalue weighted by molar-refractivity contribution is 0.0808. The Morgan fingerprint density at radius 2 is 0.881 bits per heavy atom. The maximum atomic E-state index is 12.7. The molecule has 0 radical (unpaired) electrons. The molecule has 0 unspecified atom stereocenters. The number of carbonyl (C=O) groups is 2. The van der Waals surface area contributed by atoms with Crippen molar-refractivity contribution in [2.45, 2.75) is 0 Å². The first-order chi connectivity index (χ1) is 20.6. The summed E-state index contributed by atoms with van der Waals surface area (Å²) >= 11 is 0. The molecule has 1 aliphatic carbocycles. The van der Waals surface area contributed by atoms with Crippen LogP contribution in [0.2, 0.25) is 0 Å². The van der Waals surface area contributed by atoms with E-state index in [1.807, 2.05) is 60.7 Å². The van der Waals surface area contributed by atoms with Gasteiger partial charge in [-0.3, -0.25) is 24.5 Å². The van der Waals surface area contributed by atoms with Crippen molar-refractivity contribution < 1.29 is 9.59 Å². The van der Waals surface area contributed by atoms with Gasteiger partial charge in [0.1, 0.15) is 33.8 Å². The summed E-state index contributed by atoms with van der Waals surface area (Å²) in [7, 11) is 0. The largest absolute Gasteiger partial charge is 0.283 e. The molecule has 0 saturated carbocycles. The van der Waals surface area contributed by atoms with Crippen LogP contribution in [0, 0.1) is 0 Å². The van der Waals surface area contributed by atoms with Gasteiger partial charge in [-0.2, -0.15) is 0 Å².